The van der Waals surface area contributed by atoms with E-state index in [9.17, 15) is 14.3 Å². The minimum Gasteiger partial charge on any atom is -0.387 e. The summed E-state index contributed by atoms with van der Waals surface area (Å²) in [5.41, 5.74) is 0.249. The predicted octanol–water partition coefficient (Wildman–Crippen LogP) is 3.01. The van der Waals surface area contributed by atoms with E-state index in [0.717, 1.165) is 23.9 Å². The minimum absolute atomic E-state index is 0.00328. The summed E-state index contributed by atoms with van der Waals surface area (Å²) in [7, 11) is 0. The van der Waals surface area contributed by atoms with Crippen molar-refractivity contribution in [3.05, 3.63) is 52.2 Å². The third kappa shape index (κ3) is 3.18. The quantitative estimate of drug-likeness (QED) is 0.942. The van der Waals surface area contributed by atoms with Gasteiger partial charge >= 0.3 is 0 Å². The van der Waals surface area contributed by atoms with Crippen LogP contribution in [0.3, 0.4) is 0 Å². The third-order valence-corrected chi connectivity index (χ3v) is 4.92. The van der Waals surface area contributed by atoms with Crippen molar-refractivity contribution in [3.63, 3.8) is 0 Å². The molecule has 1 N–H and O–H groups in total. The molecule has 0 saturated carbocycles. The Bertz CT molecular complexity index is 630. The molecule has 1 fully saturated rings. The average molecular weight is 320 g/mol. The zero-order chi connectivity index (χ0) is 15.5. The number of aliphatic hydroxyl groups is 1. The fraction of sp³-hybridized carbons (Fsp3) is 0.375. The molecule has 0 aliphatic carbocycles. The Balaban J connectivity index is 1.70. The van der Waals surface area contributed by atoms with Gasteiger partial charge in [-0.05, 0) is 42.8 Å². The molecular formula is C16H17FN2O2S. The third-order valence-electron chi connectivity index (χ3n) is 3.95. The normalized spacial score (nSPS) is 19.4. The molecule has 3 heterocycles. The Morgan fingerprint density at radius 2 is 2.36 bits per heavy atom. The molecule has 1 aliphatic rings. The maximum absolute atomic E-state index is 12.9. The predicted molar refractivity (Wildman–Crippen MR) is 82.1 cm³/mol. The van der Waals surface area contributed by atoms with Crippen LogP contribution in [-0.2, 0) is 0 Å². The minimum atomic E-state index is -0.556. The van der Waals surface area contributed by atoms with Crippen molar-refractivity contribution in [1.82, 2.24) is 9.88 Å². The maximum atomic E-state index is 12.9. The summed E-state index contributed by atoms with van der Waals surface area (Å²) in [6.45, 7) is 0.652. The summed E-state index contributed by atoms with van der Waals surface area (Å²) in [6.07, 6.45) is 2.80. The van der Waals surface area contributed by atoms with Gasteiger partial charge in [-0.1, -0.05) is 6.07 Å². The van der Waals surface area contributed by atoms with Gasteiger partial charge in [0.2, 0.25) is 0 Å². The van der Waals surface area contributed by atoms with Crippen LogP contribution in [0.4, 0.5) is 4.39 Å². The Morgan fingerprint density at radius 1 is 1.50 bits per heavy atom. The molecule has 0 bridgehead atoms. The Kier molecular flexibility index (Phi) is 4.49. The number of hydrogen-bond donors (Lipinski definition) is 1. The molecule has 22 heavy (non-hydrogen) atoms. The van der Waals surface area contributed by atoms with E-state index in [0.29, 0.717) is 13.0 Å². The van der Waals surface area contributed by atoms with Crippen LogP contribution in [0, 0.1) is 5.82 Å². The van der Waals surface area contributed by atoms with Gasteiger partial charge in [-0.3, -0.25) is 4.79 Å². The van der Waals surface area contributed by atoms with Crippen molar-refractivity contribution in [2.24, 2.45) is 0 Å². The lowest BCUT2D eigenvalue weighted by Crippen LogP contribution is -2.36. The zero-order valence-electron chi connectivity index (χ0n) is 12.0. The summed E-state index contributed by atoms with van der Waals surface area (Å²) in [5, 5.41) is 12.2. The van der Waals surface area contributed by atoms with E-state index in [1.807, 2.05) is 17.5 Å². The van der Waals surface area contributed by atoms with Crippen LogP contribution in [0.2, 0.25) is 0 Å². The van der Waals surface area contributed by atoms with E-state index in [-0.39, 0.29) is 17.6 Å². The standard InChI is InChI=1S/C16H17FN2O2S/c17-11-5-6-13(18-10-11)16(21)19-7-1-3-12(19)9-14(20)15-4-2-8-22-15/h2,4-6,8,10,12,14,20H,1,3,7,9H2/t12-,14-/m1/s1. The van der Waals surface area contributed by atoms with Crippen LogP contribution in [0.25, 0.3) is 0 Å². The molecule has 0 unspecified atom stereocenters. The molecule has 1 aliphatic heterocycles. The van der Waals surface area contributed by atoms with Crippen LogP contribution in [0.1, 0.15) is 40.7 Å². The van der Waals surface area contributed by atoms with Gasteiger partial charge in [0.05, 0.1) is 12.3 Å². The number of rotatable bonds is 4. The number of hydrogen-bond acceptors (Lipinski definition) is 4. The first kappa shape index (κ1) is 15.1. The highest BCUT2D eigenvalue weighted by atomic mass is 32.1. The van der Waals surface area contributed by atoms with Crippen LogP contribution >= 0.6 is 11.3 Å². The van der Waals surface area contributed by atoms with Crippen molar-refractivity contribution in [2.45, 2.75) is 31.4 Å². The topological polar surface area (TPSA) is 53.4 Å². The van der Waals surface area contributed by atoms with Crippen LogP contribution in [0.5, 0.6) is 0 Å². The monoisotopic (exact) mass is 320 g/mol. The number of aromatic nitrogens is 1. The Morgan fingerprint density at radius 3 is 3.05 bits per heavy atom. The smallest absolute Gasteiger partial charge is 0.272 e. The molecular weight excluding hydrogens is 303 g/mol. The van der Waals surface area contributed by atoms with Gasteiger partial charge in [0.15, 0.2) is 0 Å². The van der Waals surface area contributed by atoms with Gasteiger partial charge in [0, 0.05) is 17.5 Å². The Hall–Kier alpha value is -1.79. The van der Waals surface area contributed by atoms with E-state index >= 15 is 0 Å². The number of pyridine rings is 1. The van der Waals surface area contributed by atoms with Crippen LogP contribution in [0.15, 0.2) is 35.8 Å². The number of thiophene rings is 1. The summed E-state index contributed by atoms with van der Waals surface area (Å²) in [6, 6.07) is 6.45. The van der Waals surface area contributed by atoms with Gasteiger partial charge in [0.25, 0.3) is 5.91 Å². The van der Waals surface area contributed by atoms with Crippen LogP contribution in [-0.4, -0.2) is 33.5 Å². The molecule has 2 aromatic heterocycles. The summed E-state index contributed by atoms with van der Waals surface area (Å²) in [5.74, 6) is -0.650. The van der Waals surface area contributed by atoms with Gasteiger partial charge in [0.1, 0.15) is 11.5 Å². The number of carbonyl (C=O) groups is 1. The maximum Gasteiger partial charge on any atom is 0.272 e. The molecule has 4 nitrogen and oxygen atoms in total. The summed E-state index contributed by atoms with van der Waals surface area (Å²) >= 11 is 1.51. The summed E-state index contributed by atoms with van der Waals surface area (Å²) < 4.78 is 12.9. The molecule has 2 aromatic rings. The second kappa shape index (κ2) is 6.54. The molecule has 6 heteroatoms. The first-order valence-corrected chi connectivity index (χ1v) is 8.17. The second-order valence-electron chi connectivity index (χ2n) is 5.42. The van der Waals surface area contributed by atoms with E-state index < -0.39 is 11.9 Å². The van der Waals surface area contributed by atoms with Crippen molar-refractivity contribution in [1.29, 1.82) is 0 Å². The van der Waals surface area contributed by atoms with E-state index in [2.05, 4.69) is 4.98 Å². The lowest BCUT2D eigenvalue weighted by atomic mass is 10.1. The highest BCUT2D eigenvalue weighted by Gasteiger charge is 2.32. The zero-order valence-corrected chi connectivity index (χ0v) is 12.8. The Labute approximate surface area is 132 Å². The average Bonchev–Trinajstić information content (AvgIpc) is 3.18. The van der Waals surface area contributed by atoms with Crippen LogP contribution < -0.4 is 0 Å². The molecule has 0 radical (unpaired) electrons. The number of carbonyl (C=O) groups excluding carboxylic acids is 1. The van der Waals surface area contributed by atoms with Gasteiger partial charge in [-0.2, -0.15) is 0 Å². The van der Waals surface area contributed by atoms with Crippen molar-refractivity contribution in [2.75, 3.05) is 6.54 Å². The molecule has 1 saturated heterocycles. The van der Waals surface area contributed by atoms with Crippen molar-refractivity contribution < 1.29 is 14.3 Å². The van der Waals surface area contributed by atoms with Crippen molar-refractivity contribution >= 4 is 17.2 Å². The first-order valence-electron chi connectivity index (χ1n) is 7.29. The van der Waals surface area contributed by atoms with Gasteiger partial charge in [-0.25, -0.2) is 9.37 Å². The lowest BCUT2D eigenvalue weighted by molar-refractivity contribution is 0.0664. The lowest BCUT2D eigenvalue weighted by Gasteiger charge is -2.26. The first-order chi connectivity index (χ1) is 10.6. The molecule has 3 rings (SSSR count). The van der Waals surface area contributed by atoms with E-state index in [4.69, 9.17) is 0 Å². The van der Waals surface area contributed by atoms with Gasteiger partial charge < -0.3 is 10.0 Å². The SMILES string of the molecule is O=C(c1ccc(F)cn1)N1CCC[C@@H]1C[C@@H](O)c1cccs1. The highest BCUT2D eigenvalue weighted by Crippen LogP contribution is 2.30. The fourth-order valence-electron chi connectivity index (χ4n) is 2.85. The van der Waals surface area contributed by atoms with Gasteiger partial charge in [-0.15, -0.1) is 11.3 Å². The number of halogens is 1. The molecule has 1 amide bonds. The number of amides is 1. The van der Waals surface area contributed by atoms with E-state index in [1.165, 1.54) is 23.5 Å². The number of nitrogens with zero attached hydrogens (tertiary/aromatic N) is 2. The molecule has 2 atom stereocenters. The molecule has 116 valence electrons. The van der Waals surface area contributed by atoms with E-state index in [1.54, 1.807) is 4.90 Å². The number of likely N-dealkylation sites (tertiary alicyclic amines) is 1. The fourth-order valence-corrected chi connectivity index (χ4v) is 3.58. The second-order valence-corrected chi connectivity index (χ2v) is 6.40. The largest absolute Gasteiger partial charge is 0.387 e. The highest BCUT2D eigenvalue weighted by molar-refractivity contribution is 7.10. The number of aliphatic hydroxyl groups excluding tert-OH is 1. The molecule has 0 spiro atoms. The van der Waals surface area contributed by atoms with Crippen molar-refractivity contribution in [3.8, 4) is 0 Å². The summed E-state index contributed by atoms with van der Waals surface area (Å²) in [4.78, 5) is 19.0. The molecule has 0 aromatic carbocycles.